The van der Waals surface area contributed by atoms with E-state index < -0.39 is 12.0 Å². The normalized spacial score (nSPS) is 10.2. The summed E-state index contributed by atoms with van der Waals surface area (Å²) in [6, 6.07) is 8.81. The summed E-state index contributed by atoms with van der Waals surface area (Å²) in [5, 5.41) is 0. The molecule has 0 saturated heterocycles. The number of halogens is 1. The highest BCUT2D eigenvalue weighted by Crippen LogP contribution is 2.20. The highest BCUT2D eigenvalue weighted by molar-refractivity contribution is 5.96. The van der Waals surface area contributed by atoms with Gasteiger partial charge in [-0.25, -0.2) is 4.98 Å². The smallest absolute Gasteiger partial charge is 0.287 e. The van der Waals surface area contributed by atoms with Crippen molar-refractivity contribution in [2.75, 3.05) is 0 Å². The quantitative estimate of drug-likeness (QED) is 0.775. The summed E-state index contributed by atoms with van der Waals surface area (Å²) in [7, 11) is 0. The highest BCUT2D eigenvalue weighted by atomic mass is 19.1. The first kappa shape index (κ1) is 9.39. The largest absolute Gasteiger partial charge is 0.364 e. The molecule has 3 N–H and O–H groups in total. The molecule has 1 aromatic carbocycles. The van der Waals surface area contributed by atoms with Crippen molar-refractivity contribution in [3.8, 4) is 11.3 Å². The van der Waals surface area contributed by atoms with Crippen LogP contribution in [0.1, 0.15) is 10.5 Å². The van der Waals surface area contributed by atoms with Crippen LogP contribution in [0.5, 0.6) is 0 Å². The molecule has 1 amide bonds. The fourth-order valence-electron chi connectivity index (χ4n) is 1.33. The summed E-state index contributed by atoms with van der Waals surface area (Å²) in [4.78, 5) is 16.8. The van der Waals surface area contributed by atoms with Crippen LogP contribution in [0, 0.1) is 6.08 Å². The Hall–Kier alpha value is -2.17. The van der Waals surface area contributed by atoms with Gasteiger partial charge in [0.05, 0.1) is 0 Å². The number of H-pyrrole nitrogens is 1. The molecule has 76 valence electrons. The van der Waals surface area contributed by atoms with E-state index in [9.17, 15) is 9.18 Å². The number of nitrogens with two attached hydrogens (primary N) is 1. The molecule has 0 saturated carbocycles. The first-order valence-corrected chi connectivity index (χ1v) is 4.29. The van der Waals surface area contributed by atoms with Gasteiger partial charge in [0.15, 0.2) is 0 Å². The maximum Gasteiger partial charge on any atom is 0.287 e. The van der Waals surface area contributed by atoms with Gasteiger partial charge in [0.2, 0.25) is 0 Å². The van der Waals surface area contributed by atoms with Crippen LogP contribution in [0.2, 0.25) is 0 Å². The van der Waals surface area contributed by atoms with Crippen LogP contribution in [-0.4, -0.2) is 15.9 Å². The first-order valence-electron chi connectivity index (χ1n) is 4.29. The Bertz CT molecular complexity index is 493. The van der Waals surface area contributed by atoms with Crippen molar-refractivity contribution in [2.45, 2.75) is 0 Å². The molecule has 0 spiro atoms. The van der Waals surface area contributed by atoms with E-state index >= 15 is 0 Å². The monoisotopic (exact) mass is 205 g/mol. The number of primary amides is 1. The maximum absolute atomic E-state index is 12.9. The summed E-state index contributed by atoms with van der Waals surface area (Å²) < 4.78 is 12.9. The van der Waals surface area contributed by atoms with Crippen molar-refractivity contribution in [1.82, 2.24) is 9.97 Å². The lowest BCUT2D eigenvalue weighted by Gasteiger charge is -1.97. The molecule has 0 fully saturated rings. The van der Waals surface area contributed by atoms with E-state index in [1.165, 1.54) is 0 Å². The Kier molecular flexibility index (Phi) is 2.21. The van der Waals surface area contributed by atoms with Crippen LogP contribution in [0.25, 0.3) is 11.3 Å². The molecule has 5 heteroatoms. The Morgan fingerprint density at radius 3 is 2.60 bits per heavy atom. The van der Waals surface area contributed by atoms with Crippen molar-refractivity contribution in [1.29, 1.82) is 0 Å². The van der Waals surface area contributed by atoms with Crippen molar-refractivity contribution in [3.05, 3.63) is 42.1 Å². The zero-order valence-corrected chi connectivity index (χ0v) is 7.70. The number of amides is 1. The van der Waals surface area contributed by atoms with Gasteiger partial charge in [0, 0.05) is 5.56 Å². The standard InChI is InChI=1S/C10H8FN3O/c11-10-13-7(8(14-10)9(12)15)6-4-2-1-3-5-6/h1-5H,(H2,12,15)(H,13,14). The lowest BCUT2D eigenvalue weighted by atomic mass is 10.1. The number of aromatic nitrogens is 2. The predicted molar refractivity (Wildman–Crippen MR) is 52.5 cm³/mol. The zero-order valence-electron chi connectivity index (χ0n) is 7.70. The second-order valence-corrected chi connectivity index (χ2v) is 2.98. The van der Waals surface area contributed by atoms with Gasteiger partial charge in [-0.05, 0) is 0 Å². The third kappa shape index (κ3) is 1.71. The number of benzene rings is 1. The Morgan fingerprint density at radius 1 is 1.33 bits per heavy atom. The molecule has 1 heterocycles. The van der Waals surface area contributed by atoms with Crippen molar-refractivity contribution >= 4 is 5.91 Å². The minimum atomic E-state index is -0.817. The highest BCUT2D eigenvalue weighted by Gasteiger charge is 2.15. The Labute approximate surface area is 84.9 Å². The van der Waals surface area contributed by atoms with Crippen LogP contribution in [-0.2, 0) is 0 Å². The molecule has 2 aromatic rings. The molecule has 0 aliphatic carbocycles. The van der Waals surface area contributed by atoms with Crippen LogP contribution in [0.4, 0.5) is 4.39 Å². The molecule has 0 aliphatic rings. The molecule has 0 atom stereocenters. The van der Waals surface area contributed by atoms with E-state index in [0.29, 0.717) is 5.56 Å². The summed E-state index contributed by atoms with van der Waals surface area (Å²) in [6.07, 6.45) is -0.817. The van der Waals surface area contributed by atoms with Gasteiger partial charge in [0.25, 0.3) is 12.0 Å². The summed E-state index contributed by atoms with van der Waals surface area (Å²) >= 11 is 0. The molecule has 15 heavy (non-hydrogen) atoms. The zero-order chi connectivity index (χ0) is 10.8. The number of nitrogens with zero attached hydrogens (tertiary/aromatic N) is 1. The maximum atomic E-state index is 12.9. The summed E-state index contributed by atoms with van der Waals surface area (Å²) in [6.45, 7) is 0. The van der Waals surface area contributed by atoms with Crippen molar-refractivity contribution in [3.63, 3.8) is 0 Å². The first-order chi connectivity index (χ1) is 7.18. The number of carbonyl (C=O) groups is 1. The van der Waals surface area contributed by atoms with Gasteiger partial charge in [-0.15, -0.1) is 0 Å². The Balaban J connectivity index is 2.58. The van der Waals surface area contributed by atoms with Crippen molar-refractivity contribution in [2.24, 2.45) is 5.73 Å². The average molecular weight is 205 g/mol. The molecular weight excluding hydrogens is 197 g/mol. The van der Waals surface area contributed by atoms with Gasteiger partial charge < -0.3 is 10.7 Å². The topological polar surface area (TPSA) is 71.8 Å². The van der Waals surface area contributed by atoms with Crippen molar-refractivity contribution < 1.29 is 9.18 Å². The third-order valence-corrected chi connectivity index (χ3v) is 1.97. The predicted octanol–water partition coefficient (Wildman–Crippen LogP) is 1.31. The van der Waals surface area contributed by atoms with E-state index in [0.717, 1.165) is 0 Å². The van der Waals surface area contributed by atoms with Crippen LogP contribution >= 0.6 is 0 Å². The number of aromatic amines is 1. The number of rotatable bonds is 2. The van der Waals surface area contributed by atoms with E-state index in [-0.39, 0.29) is 11.4 Å². The minimum Gasteiger partial charge on any atom is -0.364 e. The molecule has 4 nitrogen and oxygen atoms in total. The SMILES string of the molecule is NC(=O)c1[nH]c(F)nc1-c1ccccc1. The molecular formula is C10H8FN3O. The number of imidazole rings is 1. The van der Waals surface area contributed by atoms with Gasteiger partial charge in [-0.2, -0.15) is 4.39 Å². The van der Waals surface area contributed by atoms with Gasteiger partial charge in [-0.1, -0.05) is 30.3 Å². The molecule has 0 aliphatic heterocycles. The average Bonchev–Trinajstić information content (AvgIpc) is 2.62. The summed E-state index contributed by atoms with van der Waals surface area (Å²) in [5.74, 6) is -0.731. The van der Waals surface area contributed by atoms with Crippen LogP contribution in [0.3, 0.4) is 0 Å². The fourth-order valence-corrected chi connectivity index (χ4v) is 1.33. The number of carbonyl (C=O) groups excluding carboxylic acids is 1. The van der Waals surface area contributed by atoms with E-state index in [4.69, 9.17) is 5.73 Å². The van der Waals surface area contributed by atoms with Gasteiger partial charge >= 0.3 is 0 Å². The van der Waals surface area contributed by atoms with E-state index in [1.54, 1.807) is 24.3 Å². The Morgan fingerprint density at radius 2 is 2.00 bits per heavy atom. The third-order valence-electron chi connectivity index (χ3n) is 1.97. The lowest BCUT2D eigenvalue weighted by molar-refractivity contribution is 0.0996. The second-order valence-electron chi connectivity index (χ2n) is 2.98. The summed E-state index contributed by atoms with van der Waals surface area (Å²) in [5.41, 5.74) is 5.95. The second kappa shape index (κ2) is 3.53. The lowest BCUT2D eigenvalue weighted by Crippen LogP contribution is -2.12. The van der Waals surface area contributed by atoms with Crippen LogP contribution in [0.15, 0.2) is 30.3 Å². The van der Waals surface area contributed by atoms with Gasteiger partial charge in [-0.3, -0.25) is 4.79 Å². The molecule has 0 radical (unpaired) electrons. The van der Waals surface area contributed by atoms with Gasteiger partial charge in [0.1, 0.15) is 11.4 Å². The van der Waals surface area contributed by atoms with E-state index in [1.807, 2.05) is 6.07 Å². The molecule has 0 bridgehead atoms. The fraction of sp³-hybridized carbons (Fsp3) is 0. The molecule has 1 aromatic heterocycles. The van der Waals surface area contributed by atoms with E-state index in [2.05, 4.69) is 9.97 Å². The molecule has 0 unspecified atom stereocenters. The number of hydrogen-bond donors (Lipinski definition) is 2. The molecule has 2 rings (SSSR count). The van der Waals surface area contributed by atoms with Crippen LogP contribution < -0.4 is 5.73 Å². The number of hydrogen-bond acceptors (Lipinski definition) is 2. The number of nitrogens with one attached hydrogen (secondary N) is 1. The minimum absolute atomic E-state index is 0.0151.